The third-order valence-corrected chi connectivity index (χ3v) is 0.0962. The van der Waals surface area contributed by atoms with Gasteiger partial charge >= 0.3 is 0 Å². The van der Waals surface area contributed by atoms with Crippen LogP contribution in [0.15, 0.2) is 12.7 Å². The number of hydrogen-bond acceptors (Lipinski definition) is 1. The topological polar surface area (TPSA) is 17.1 Å². The Morgan fingerprint density at radius 3 is 1.80 bits per heavy atom. The van der Waals surface area contributed by atoms with Crippen molar-refractivity contribution in [1.29, 1.82) is 0 Å². The normalized spacial score (nSPS) is 4.00. The van der Waals surface area contributed by atoms with E-state index in [1.54, 1.807) is 0 Å². The van der Waals surface area contributed by atoms with Gasteiger partial charge in [0, 0.05) is 19.5 Å². The first kappa shape index (κ1) is 8.90. The van der Waals surface area contributed by atoms with Gasteiger partial charge in [-0.05, 0) is 6.08 Å². The average molecular weight is 157 g/mol. The molecule has 0 atom stereocenters. The number of carbonyl (C=O) groups excluding carboxylic acids is 1. The summed E-state index contributed by atoms with van der Waals surface area (Å²) in [5, 5.41) is 0. The third kappa shape index (κ3) is 15.6. The Hall–Kier alpha value is 0.0334. The van der Waals surface area contributed by atoms with E-state index >= 15 is 0 Å². The molecule has 0 saturated heterocycles. The predicted molar refractivity (Wildman–Crippen MR) is 16.3 cm³/mol. The second kappa shape index (κ2) is 8.98. The van der Waals surface area contributed by atoms with Crippen LogP contribution >= 0.6 is 0 Å². The summed E-state index contributed by atoms with van der Waals surface area (Å²) in [4.78, 5) is 9.06. The minimum absolute atomic E-state index is 0. The van der Waals surface area contributed by atoms with E-state index in [1.807, 2.05) is 0 Å². The van der Waals surface area contributed by atoms with E-state index in [-0.39, 0.29) is 19.5 Å². The minimum Gasteiger partial charge on any atom is -0.299 e. The van der Waals surface area contributed by atoms with Crippen LogP contribution in [0.4, 0.5) is 0 Å². The quantitative estimate of drug-likeness (QED) is 0.305. The molecule has 0 amide bonds. The van der Waals surface area contributed by atoms with Crippen LogP contribution in [0.5, 0.6) is 0 Å². The molecule has 2 heteroatoms. The Bertz CT molecular complexity index is 27.9. The molecule has 0 rings (SSSR count). The molecule has 0 unspecified atom stereocenters. The molecular formula is C3H4ORu. The van der Waals surface area contributed by atoms with Crippen molar-refractivity contribution in [3.8, 4) is 0 Å². The van der Waals surface area contributed by atoms with Crippen LogP contribution in [-0.2, 0) is 24.3 Å². The van der Waals surface area contributed by atoms with E-state index in [0.717, 1.165) is 0 Å². The Kier molecular flexibility index (Phi) is 16.0. The number of rotatable bonds is 1. The molecule has 0 heterocycles. The van der Waals surface area contributed by atoms with Crippen molar-refractivity contribution in [2.24, 2.45) is 0 Å². The molecule has 0 aliphatic rings. The third-order valence-electron chi connectivity index (χ3n) is 0.0962. The van der Waals surface area contributed by atoms with E-state index in [9.17, 15) is 0 Å². The van der Waals surface area contributed by atoms with Crippen molar-refractivity contribution in [3.63, 3.8) is 0 Å². The van der Waals surface area contributed by atoms with E-state index in [2.05, 4.69) is 6.58 Å². The first-order chi connectivity index (χ1) is 1.91. The van der Waals surface area contributed by atoms with Gasteiger partial charge in [-0.3, -0.25) is 4.79 Å². The second-order valence-electron chi connectivity index (χ2n) is 0.372. The number of hydrogen-bond donors (Lipinski definition) is 0. The Labute approximate surface area is 43.8 Å². The fourth-order valence-corrected chi connectivity index (χ4v) is 0. The van der Waals surface area contributed by atoms with Crippen molar-refractivity contribution in [1.82, 2.24) is 0 Å². The summed E-state index contributed by atoms with van der Waals surface area (Å²) >= 11 is 0. The van der Waals surface area contributed by atoms with Crippen molar-refractivity contribution in [2.75, 3.05) is 0 Å². The van der Waals surface area contributed by atoms with Crippen LogP contribution < -0.4 is 0 Å². The summed E-state index contributed by atoms with van der Waals surface area (Å²) in [5.41, 5.74) is 0. The number of aldehydes is 1. The maximum atomic E-state index is 9.06. The molecule has 1 nitrogen and oxygen atoms in total. The van der Waals surface area contributed by atoms with Gasteiger partial charge in [-0.1, -0.05) is 6.58 Å². The van der Waals surface area contributed by atoms with Crippen LogP contribution in [0.25, 0.3) is 0 Å². The van der Waals surface area contributed by atoms with E-state index in [1.165, 1.54) is 6.08 Å². The Morgan fingerprint density at radius 2 is 1.80 bits per heavy atom. The fraction of sp³-hybridized carbons (Fsp3) is 0. The van der Waals surface area contributed by atoms with E-state index in [0.29, 0.717) is 6.29 Å². The average Bonchev–Trinajstić information content (AvgIpc) is 1.37. The van der Waals surface area contributed by atoms with Crippen molar-refractivity contribution < 1.29 is 24.3 Å². The molecule has 0 saturated carbocycles. The van der Waals surface area contributed by atoms with Crippen LogP contribution in [0, 0.1) is 0 Å². The molecule has 0 aromatic carbocycles. The number of allylic oxidation sites excluding steroid dienone is 1. The van der Waals surface area contributed by atoms with Crippen LogP contribution in [0.1, 0.15) is 0 Å². The SMILES string of the molecule is C=CC=O.[Ru]. The van der Waals surface area contributed by atoms with Crippen molar-refractivity contribution in [2.45, 2.75) is 0 Å². The minimum atomic E-state index is 0. The van der Waals surface area contributed by atoms with Crippen LogP contribution in [0.2, 0.25) is 0 Å². The van der Waals surface area contributed by atoms with E-state index in [4.69, 9.17) is 4.79 Å². The molecule has 0 fully saturated rings. The van der Waals surface area contributed by atoms with Gasteiger partial charge in [-0.25, -0.2) is 0 Å². The molecule has 0 spiro atoms. The van der Waals surface area contributed by atoms with Crippen LogP contribution in [-0.4, -0.2) is 6.29 Å². The molecule has 0 bridgehead atoms. The van der Waals surface area contributed by atoms with Gasteiger partial charge in [0.25, 0.3) is 0 Å². The first-order valence-corrected chi connectivity index (χ1v) is 0.977. The number of carbonyl (C=O) groups is 1. The first-order valence-electron chi connectivity index (χ1n) is 0.977. The molecular weight excluding hydrogens is 153 g/mol. The van der Waals surface area contributed by atoms with Gasteiger partial charge < -0.3 is 0 Å². The summed E-state index contributed by atoms with van der Waals surface area (Å²) in [5.74, 6) is 0. The maximum absolute atomic E-state index is 9.06. The summed E-state index contributed by atoms with van der Waals surface area (Å²) in [7, 11) is 0. The Balaban J connectivity index is 0. The molecule has 0 radical (unpaired) electrons. The molecule has 5 heavy (non-hydrogen) atoms. The summed E-state index contributed by atoms with van der Waals surface area (Å²) < 4.78 is 0. The second-order valence-corrected chi connectivity index (χ2v) is 0.372. The van der Waals surface area contributed by atoms with Crippen molar-refractivity contribution in [3.05, 3.63) is 12.7 Å². The van der Waals surface area contributed by atoms with Gasteiger partial charge in [-0.15, -0.1) is 0 Å². The van der Waals surface area contributed by atoms with Gasteiger partial charge in [0.2, 0.25) is 0 Å². The Morgan fingerprint density at radius 1 is 1.60 bits per heavy atom. The summed E-state index contributed by atoms with van der Waals surface area (Å²) in [6, 6.07) is 0. The molecule has 0 aliphatic carbocycles. The zero-order valence-corrected chi connectivity index (χ0v) is 4.36. The van der Waals surface area contributed by atoms with E-state index < -0.39 is 0 Å². The fourth-order valence-electron chi connectivity index (χ4n) is 0. The molecule has 0 aliphatic heterocycles. The summed E-state index contributed by atoms with van der Waals surface area (Å²) in [6.07, 6.45) is 1.83. The monoisotopic (exact) mass is 158 g/mol. The van der Waals surface area contributed by atoms with Gasteiger partial charge in [-0.2, -0.15) is 0 Å². The molecule has 30 valence electrons. The van der Waals surface area contributed by atoms with Crippen LogP contribution in [0.3, 0.4) is 0 Å². The molecule has 0 aromatic rings. The summed E-state index contributed by atoms with van der Waals surface area (Å²) in [6.45, 7) is 3.11. The van der Waals surface area contributed by atoms with Gasteiger partial charge in [0.15, 0.2) is 0 Å². The standard InChI is InChI=1S/C3H4O.Ru/c1-2-3-4;/h2-3H,1H2;. The largest absolute Gasteiger partial charge is 0.299 e. The zero-order valence-electron chi connectivity index (χ0n) is 2.62. The molecule has 0 N–H and O–H groups in total. The predicted octanol–water partition coefficient (Wildman–Crippen LogP) is 0.369. The van der Waals surface area contributed by atoms with Gasteiger partial charge in [0.05, 0.1) is 0 Å². The van der Waals surface area contributed by atoms with Crippen molar-refractivity contribution >= 4 is 6.29 Å². The molecule has 0 aromatic heterocycles. The van der Waals surface area contributed by atoms with Gasteiger partial charge in [0.1, 0.15) is 6.29 Å². The smallest absolute Gasteiger partial charge is 0.142 e. The zero-order chi connectivity index (χ0) is 3.41. The maximum Gasteiger partial charge on any atom is 0.142 e.